The first-order valence-electron chi connectivity index (χ1n) is 22.0. The summed E-state index contributed by atoms with van der Waals surface area (Å²) in [7, 11) is -2.97. The molecular formula is C59H55NSi. The second-order valence-electron chi connectivity index (χ2n) is 20.4. The Morgan fingerprint density at radius 3 is 1.31 bits per heavy atom. The average Bonchev–Trinajstić information content (AvgIpc) is 3.25. The molecule has 2 heteroatoms. The Labute approximate surface area is 362 Å². The minimum absolute atomic E-state index is 0.0399. The third-order valence-electron chi connectivity index (χ3n) is 13.4. The van der Waals surface area contributed by atoms with E-state index in [2.05, 4.69) is 232 Å². The van der Waals surface area contributed by atoms with Gasteiger partial charge in [-0.25, -0.2) is 4.98 Å². The summed E-state index contributed by atoms with van der Waals surface area (Å²) in [5.41, 5.74) is 7.33. The molecule has 0 spiro atoms. The summed E-state index contributed by atoms with van der Waals surface area (Å²) >= 11 is 0. The Kier molecular flexibility index (Phi) is 8.95. The Balaban J connectivity index is 1.34. The zero-order valence-corrected chi connectivity index (χ0v) is 38.1. The van der Waals surface area contributed by atoms with Crippen molar-refractivity contribution in [1.29, 1.82) is 0 Å². The highest BCUT2D eigenvalue weighted by Gasteiger charge is 2.42. The minimum atomic E-state index is -2.97. The molecule has 0 aliphatic carbocycles. The van der Waals surface area contributed by atoms with Gasteiger partial charge in [0.15, 0.2) is 8.07 Å². The molecule has 0 radical (unpaired) electrons. The number of aromatic nitrogens is 1. The molecule has 0 bridgehead atoms. The van der Waals surface area contributed by atoms with Crippen molar-refractivity contribution in [2.75, 3.05) is 0 Å². The van der Waals surface area contributed by atoms with E-state index >= 15 is 0 Å². The van der Waals surface area contributed by atoms with Crippen LogP contribution < -0.4 is 20.7 Å². The zero-order chi connectivity index (χ0) is 42.5. The molecular weight excluding hydrogens is 751 g/mol. The van der Waals surface area contributed by atoms with Gasteiger partial charge >= 0.3 is 0 Å². The molecule has 61 heavy (non-hydrogen) atoms. The molecule has 0 atom stereocenters. The molecule has 300 valence electrons. The summed E-state index contributed by atoms with van der Waals surface area (Å²) in [5.74, 6) is 0. The first-order valence-corrected chi connectivity index (χ1v) is 24.0. The molecule has 0 unspecified atom stereocenters. The van der Waals surface area contributed by atoms with Crippen molar-refractivity contribution >= 4 is 82.8 Å². The highest BCUT2D eigenvalue weighted by Crippen LogP contribution is 2.43. The third-order valence-corrected chi connectivity index (χ3v) is 18.2. The Bertz CT molecular complexity index is 3090. The smallest absolute Gasteiger partial charge is 0.179 e. The third kappa shape index (κ3) is 6.38. The van der Waals surface area contributed by atoms with Crippen molar-refractivity contribution in [1.82, 2.24) is 4.98 Å². The van der Waals surface area contributed by atoms with Crippen molar-refractivity contribution in [3.05, 3.63) is 187 Å². The SMILES string of the molecule is CC(C)(C)c1ccc([Si](c2ccc(C(C)(C)C)cc2)(c2ccc(C(C)(C)C)cc2)c2ccc3c(c2)nc(-c2ccccc2)c2cc4ccc5cccc6ccc(c23)c4c56)cc1. The fraction of sp³-hybridized carbons (Fsp3) is 0.203. The second kappa shape index (κ2) is 14.0. The van der Waals surface area contributed by atoms with Crippen molar-refractivity contribution in [3.8, 4) is 11.3 Å². The molecule has 0 aliphatic heterocycles. The Morgan fingerprint density at radius 2 is 0.803 bits per heavy atom. The summed E-state index contributed by atoms with van der Waals surface area (Å²) in [6.07, 6.45) is 0. The van der Waals surface area contributed by atoms with Crippen LogP contribution >= 0.6 is 0 Å². The van der Waals surface area contributed by atoms with Gasteiger partial charge in [0, 0.05) is 21.7 Å². The van der Waals surface area contributed by atoms with E-state index in [1.165, 1.54) is 85.9 Å². The summed E-state index contributed by atoms with van der Waals surface area (Å²) in [4.78, 5) is 5.73. The van der Waals surface area contributed by atoms with Crippen molar-refractivity contribution in [2.24, 2.45) is 0 Å². The zero-order valence-electron chi connectivity index (χ0n) is 37.1. The van der Waals surface area contributed by atoms with Crippen LogP contribution in [0.4, 0.5) is 0 Å². The average molecular weight is 806 g/mol. The molecule has 1 heterocycles. The van der Waals surface area contributed by atoms with Crippen LogP contribution in [-0.4, -0.2) is 13.1 Å². The number of rotatable bonds is 5. The molecule has 0 N–H and O–H groups in total. The van der Waals surface area contributed by atoms with Crippen LogP contribution in [0, 0.1) is 0 Å². The van der Waals surface area contributed by atoms with E-state index in [1.807, 2.05) is 0 Å². The molecule has 0 saturated carbocycles. The van der Waals surface area contributed by atoms with E-state index in [-0.39, 0.29) is 16.2 Å². The van der Waals surface area contributed by atoms with Gasteiger partial charge in [0.2, 0.25) is 0 Å². The van der Waals surface area contributed by atoms with Crippen LogP contribution in [0.1, 0.15) is 79.0 Å². The van der Waals surface area contributed by atoms with Gasteiger partial charge in [-0.2, -0.15) is 0 Å². The van der Waals surface area contributed by atoms with Crippen LogP contribution in [0.2, 0.25) is 0 Å². The molecule has 0 saturated heterocycles. The molecule has 0 aliphatic rings. The second-order valence-corrected chi connectivity index (χ2v) is 24.3. The Morgan fingerprint density at radius 1 is 0.344 bits per heavy atom. The van der Waals surface area contributed by atoms with Gasteiger partial charge < -0.3 is 0 Å². The predicted molar refractivity (Wildman–Crippen MR) is 268 cm³/mol. The standard InChI is InChI=1S/C59H55NSi/c1-57(2,3)42-21-27-45(28-22-42)61(46-29-23-43(24-30-46)58(4,5)6,47-31-25-44(26-32-47)59(7,8)9)48-33-35-49-52(37-48)60-56(40-14-11-10-12-15-40)51-36-41-19-18-38-16-13-17-39-20-34-50(55(49)51)54(41)53(38)39/h10-37H,1-9H3. The van der Waals surface area contributed by atoms with Crippen LogP contribution in [-0.2, 0) is 16.2 Å². The lowest BCUT2D eigenvalue weighted by molar-refractivity contribution is 0.590. The lowest BCUT2D eigenvalue weighted by Crippen LogP contribution is -2.74. The van der Waals surface area contributed by atoms with Crippen molar-refractivity contribution in [2.45, 2.75) is 78.6 Å². The topological polar surface area (TPSA) is 12.9 Å². The van der Waals surface area contributed by atoms with Gasteiger partial charge in [0.1, 0.15) is 0 Å². The molecule has 10 rings (SSSR count). The largest absolute Gasteiger partial charge is 0.247 e. The van der Waals surface area contributed by atoms with Gasteiger partial charge in [-0.3, -0.25) is 0 Å². The van der Waals surface area contributed by atoms with Crippen molar-refractivity contribution < 1.29 is 0 Å². The van der Waals surface area contributed by atoms with Gasteiger partial charge in [0.05, 0.1) is 11.2 Å². The number of hydrogen-bond acceptors (Lipinski definition) is 1. The molecule has 0 fully saturated rings. The fourth-order valence-electron chi connectivity index (χ4n) is 10.0. The van der Waals surface area contributed by atoms with E-state index in [9.17, 15) is 0 Å². The van der Waals surface area contributed by atoms with Crippen LogP contribution in [0.3, 0.4) is 0 Å². The van der Waals surface area contributed by atoms with E-state index in [0.29, 0.717) is 0 Å². The van der Waals surface area contributed by atoms with Crippen LogP contribution in [0.5, 0.6) is 0 Å². The highest BCUT2D eigenvalue weighted by atomic mass is 28.3. The minimum Gasteiger partial charge on any atom is -0.247 e. The van der Waals surface area contributed by atoms with Gasteiger partial charge in [-0.05, 0) is 98.1 Å². The first-order chi connectivity index (χ1) is 29.1. The summed E-state index contributed by atoms with van der Waals surface area (Å²) in [6, 6.07) is 65.4. The number of nitrogens with zero attached hydrogens (tertiary/aromatic N) is 1. The maximum atomic E-state index is 5.73. The van der Waals surface area contributed by atoms with E-state index in [1.54, 1.807) is 0 Å². The molecule has 0 amide bonds. The number of hydrogen-bond donors (Lipinski definition) is 0. The normalized spacial score (nSPS) is 13.0. The Hall–Kier alpha value is -6.09. The number of fused-ring (bicyclic) bond motifs is 4. The quantitative estimate of drug-likeness (QED) is 0.0731. The molecule has 10 aromatic rings. The van der Waals surface area contributed by atoms with Gasteiger partial charge in [0.25, 0.3) is 0 Å². The lowest BCUT2D eigenvalue weighted by Gasteiger charge is -2.36. The number of pyridine rings is 1. The van der Waals surface area contributed by atoms with Gasteiger partial charge in [-0.15, -0.1) is 0 Å². The molecule has 1 aromatic heterocycles. The van der Waals surface area contributed by atoms with Gasteiger partial charge in [-0.1, -0.05) is 220 Å². The lowest BCUT2D eigenvalue weighted by atomic mass is 9.87. The fourth-order valence-corrected chi connectivity index (χ4v) is 14.7. The summed E-state index contributed by atoms with van der Waals surface area (Å²) in [6.45, 7) is 20.8. The molecule has 1 nitrogen and oxygen atoms in total. The maximum absolute atomic E-state index is 5.73. The first kappa shape index (κ1) is 39.1. The maximum Gasteiger partial charge on any atom is 0.179 e. The summed E-state index contributed by atoms with van der Waals surface area (Å²) in [5, 5.41) is 16.9. The van der Waals surface area contributed by atoms with Crippen LogP contribution in [0.15, 0.2) is 170 Å². The summed E-state index contributed by atoms with van der Waals surface area (Å²) < 4.78 is 0. The highest BCUT2D eigenvalue weighted by molar-refractivity contribution is 7.20. The monoisotopic (exact) mass is 805 g/mol. The number of benzene rings is 9. The molecule has 9 aromatic carbocycles. The van der Waals surface area contributed by atoms with E-state index < -0.39 is 8.07 Å². The van der Waals surface area contributed by atoms with Crippen LogP contribution in [0.25, 0.3) is 65.3 Å². The predicted octanol–water partition coefficient (Wildman–Crippen LogP) is 13.2. The van der Waals surface area contributed by atoms with Crippen molar-refractivity contribution in [3.63, 3.8) is 0 Å². The van der Waals surface area contributed by atoms with E-state index in [4.69, 9.17) is 4.98 Å². The van der Waals surface area contributed by atoms with E-state index in [0.717, 1.165) is 16.8 Å².